The monoisotopic (exact) mass is 228 g/mol. The third kappa shape index (κ3) is 3.35. The summed E-state index contributed by atoms with van der Waals surface area (Å²) in [5.41, 5.74) is -0.426. The molecule has 7 nitrogen and oxygen atoms in total. The lowest BCUT2D eigenvalue weighted by atomic mass is 10.2. The van der Waals surface area contributed by atoms with E-state index in [1.165, 1.54) is 19.2 Å². The summed E-state index contributed by atoms with van der Waals surface area (Å²) in [4.78, 5) is 21.6. The smallest absolute Gasteiger partial charge is 0.306 e. The highest BCUT2D eigenvalue weighted by Gasteiger charge is 2.12. The Balaban J connectivity index is 2.79. The third-order valence-corrected chi connectivity index (χ3v) is 1.85. The maximum Gasteiger partial charge on any atom is 0.306 e. The number of hydrogen-bond donors (Lipinski definition) is 2. The van der Waals surface area contributed by atoms with E-state index in [9.17, 15) is 14.7 Å². The normalized spacial score (nSPS) is 12.1. The summed E-state index contributed by atoms with van der Waals surface area (Å²) in [6.07, 6.45) is -1.60. The number of carboxylic acids is 1. The topological polar surface area (TPSA) is 102 Å². The Morgan fingerprint density at radius 2 is 2.31 bits per heavy atom. The fourth-order valence-electron chi connectivity index (χ4n) is 1.14. The summed E-state index contributed by atoms with van der Waals surface area (Å²) in [5.74, 6) is -0.912. The Bertz CT molecular complexity index is 428. The molecule has 0 aromatic carbocycles. The molecule has 1 aromatic rings. The van der Waals surface area contributed by atoms with Gasteiger partial charge in [-0.05, 0) is 0 Å². The molecule has 0 fully saturated rings. The maximum absolute atomic E-state index is 11.3. The van der Waals surface area contributed by atoms with E-state index >= 15 is 0 Å². The van der Waals surface area contributed by atoms with Crippen LogP contribution in [0.5, 0.6) is 5.88 Å². The first-order chi connectivity index (χ1) is 7.52. The second-order valence-corrected chi connectivity index (χ2v) is 3.15. The van der Waals surface area contributed by atoms with Gasteiger partial charge in [0.2, 0.25) is 5.88 Å². The van der Waals surface area contributed by atoms with Crippen LogP contribution < -0.4 is 10.3 Å². The van der Waals surface area contributed by atoms with Crippen molar-refractivity contribution in [3.63, 3.8) is 0 Å². The lowest BCUT2D eigenvalue weighted by molar-refractivity contribution is -0.139. The molecular formula is C9H12N2O5. The number of methoxy groups -OCH3 is 1. The molecule has 0 amide bonds. The molecule has 88 valence electrons. The minimum atomic E-state index is -1.16. The quantitative estimate of drug-likeness (QED) is 0.676. The molecule has 0 aliphatic heterocycles. The van der Waals surface area contributed by atoms with Crippen LogP contribution in [-0.2, 0) is 11.3 Å². The average Bonchev–Trinajstić information content (AvgIpc) is 2.20. The lowest BCUT2D eigenvalue weighted by Gasteiger charge is -2.09. The number of aliphatic hydroxyl groups is 1. The summed E-state index contributed by atoms with van der Waals surface area (Å²) in [7, 11) is 1.39. The van der Waals surface area contributed by atoms with Gasteiger partial charge in [-0.25, -0.2) is 4.68 Å². The Morgan fingerprint density at radius 3 is 2.88 bits per heavy atom. The van der Waals surface area contributed by atoms with Gasteiger partial charge in [0.25, 0.3) is 5.56 Å². The minimum absolute atomic E-state index is 0.178. The van der Waals surface area contributed by atoms with Crippen LogP contribution in [0.4, 0.5) is 0 Å². The molecule has 1 heterocycles. The van der Waals surface area contributed by atoms with Crippen molar-refractivity contribution < 1.29 is 19.7 Å². The highest BCUT2D eigenvalue weighted by Crippen LogP contribution is 2.01. The predicted molar refractivity (Wildman–Crippen MR) is 53.3 cm³/mol. The SMILES string of the molecule is COc1ccc(=O)n(CC(O)CC(=O)O)n1. The molecule has 7 heteroatoms. The fourth-order valence-corrected chi connectivity index (χ4v) is 1.14. The first-order valence-corrected chi connectivity index (χ1v) is 4.55. The number of rotatable bonds is 5. The molecule has 16 heavy (non-hydrogen) atoms. The lowest BCUT2D eigenvalue weighted by Crippen LogP contribution is -2.29. The Hall–Kier alpha value is -1.89. The van der Waals surface area contributed by atoms with Crippen LogP contribution in [0.3, 0.4) is 0 Å². The van der Waals surface area contributed by atoms with Crippen molar-refractivity contribution >= 4 is 5.97 Å². The van der Waals surface area contributed by atoms with Gasteiger partial charge in [0.15, 0.2) is 0 Å². The van der Waals surface area contributed by atoms with Gasteiger partial charge < -0.3 is 14.9 Å². The summed E-state index contributed by atoms with van der Waals surface area (Å²) >= 11 is 0. The number of aliphatic carboxylic acids is 1. The molecule has 0 aliphatic carbocycles. The number of carboxylic acid groups (broad SMARTS) is 1. The first kappa shape index (κ1) is 12.2. The van der Waals surface area contributed by atoms with E-state index in [2.05, 4.69) is 5.10 Å². The predicted octanol–water partition coefficient (Wildman–Crippen LogP) is -0.913. The van der Waals surface area contributed by atoms with Gasteiger partial charge in [-0.2, -0.15) is 0 Å². The van der Waals surface area contributed by atoms with E-state index in [-0.39, 0.29) is 12.4 Å². The number of hydrogen-bond acceptors (Lipinski definition) is 5. The fraction of sp³-hybridized carbons (Fsp3) is 0.444. The van der Waals surface area contributed by atoms with E-state index in [0.29, 0.717) is 0 Å². The molecule has 1 aromatic heterocycles. The zero-order valence-electron chi connectivity index (χ0n) is 8.66. The van der Waals surface area contributed by atoms with Crippen molar-refractivity contribution in [2.24, 2.45) is 0 Å². The molecule has 0 bridgehead atoms. The van der Waals surface area contributed by atoms with Crippen LogP contribution in [0, 0.1) is 0 Å². The van der Waals surface area contributed by atoms with Gasteiger partial charge in [0.05, 0.1) is 26.2 Å². The molecule has 0 spiro atoms. The molecule has 0 radical (unpaired) electrons. The second kappa shape index (κ2) is 5.26. The van der Waals surface area contributed by atoms with Crippen molar-refractivity contribution in [3.05, 3.63) is 22.5 Å². The summed E-state index contributed by atoms with van der Waals surface area (Å²) < 4.78 is 5.77. The second-order valence-electron chi connectivity index (χ2n) is 3.15. The Kier molecular flexibility index (Phi) is 4.01. The van der Waals surface area contributed by atoms with E-state index < -0.39 is 24.1 Å². The Labute approximate surface area is 90.9 Å². The molecule has 1 unspecified atom stereocenters. The van der Waals surface area contributed by atoms with Crippen molar-refractivity contribution in [1.29, 1.82) is 0 Å². The Morgan fingerprint density at radius 1 is 1.62 bits per heavy atom. The van der Waals surface area contributed by atoms with Crippen molar-refractivity contribution in [1.82, 2.24) is 9.78 Å². The van der Waals surface area contributed by atoms with Crippen LogP contribution in [0.25, 0.3) is 0 Å². The summed E-state index contributed by atoms with van der Waals surface area (Å²) in [5, 5.41) is 21.5. The number of ether oxygens (including phenoxy) is 1. The molecule has 0 aliphatic rings. The average molecular weight is 228 g/mol. The van der Waals surface area contributed by atoms with Crippen molar-refractivity contribution in [2.45, 2.75) is 19.1 Å². The van der Waals surface area contributed by atoms with E-state index in [1.807, 2.05) is 0 Å². The highest BCUT2D eigenvalue weighted by atomic mass is 16.5. The number of aromatic nitrogens is 2. The van der Waals surface area contributed by atoms with Crippen LogP contribution in [0.2, 0.25) is 0 Å². The van der Waals surface area contributed by atoms with Gasteiger partial charge >= 0.3 is 5.97 Å². The van der Waals surface area contributed by atoms with Crippen LogP contribution in [0.15, 0.2) is 16.9 Å². The van der Waals surface area contributed by atoms with Gasteiger partial charge in [-0.15, -0.1) is 5.10 Å². The first-order valence-electron chi connectivity index (χ1n) is 4.55. The van der Waals surface area contributed by atoms with E-state index in [1.54, 1.807) is 0 Å². The number of aliphatic hydroxyl groups excluding tert-OH is 1. The van der Waals surface area contributed by atoms with E-state index in [4.69, 9.17) is 9.84 Å². The minimum Gasteiger partial charge on any atom is -0.481 e. The molecule has 0 saturated carbocycles. The molecule has 1 atom stereocenters. The molecule has 0 saturated heterocycles. The maximum atomic E-state index is 11.3. The summed E-state index contributed by atoms with van der Waals surface area (Å²) in [6, 6.07) is 2.63. The van der Waals surface area contributed by atoms with Gasteiger partial charge in [0, 0.05) is 12.1 Å². The van der Waals surface area contributed by atoms with Crippen molar-refractivity contribution in [2.75, 3.05) is 7.11 Å². The molecule has 1 rings (SSSR count). The molecule has 2 N–H and O–H groups in total. The number of nitrogens with zero attached hydrogens (tertiary/aromatic N) is 2. The van der Waals surface area contributed by atoms with Crippen LogP contribution in [-0.4, -0.2) is 39.2 Å². The highest BCUT2D eigenvalue weighted by molar-refractivity contribution is 5.67. The largest absolute Gasteiger partial charge is 0.481 e. The van der Waals surface area contributed by atoms with Gasteiger partial charge in [0.1, 0.15) is 0 Å². The van der Waals surface area contributed by atoms with Crippen LogP contribution >= 0.6 is 0 Å². The standard InChI is InChI=1S/C9H12N2O5/c1-16-7-2-3-8(13)11(10-7)5-6(12)4-9(14)15/h2-3,6,12H,4-5H2,1H3,(H,14,15). The van der Waals surface area contributed by atoms with E-state index in [0.717, 1.165) is 4.68 Å². The zero-order chi connectivity index (χ0) is 12.1. The van der Waals surface area contributed by atoms with Crippen LogP contribution in [0.1, 0.15) is 6.42 Å². The third-order valence-electron chi connectivity index (χ3n) is 1.85. The number of carbonyl (C=O) groups is 1. The molecular weight excluding hydrogens is 216 g/mol. The van der Waals surface area contributed by atoms with Gasteiger partial charge in [-0.3, -0.25) is 9.59 Å². The summed E-state index contributed by atoms with van der Waals surface area (Å²) in [6.45, 7) is -0.178. The van der Waals surface area contributed by atoms with Crippen molar-refractivity contribution in [3.8, 4) is 5.88 Å². The van der Waals surface area contributed by atoms with Gasteiger partial charge in [-0.1, -0.05) is 0 Å². The zero-order valence-corrected chi connectivity index (χ0v) is 8.66.